The van der Waals surface area contributed by atoms with Gasteiger partial charge in [0.05, 0.1) is 22.9 Å². The minimum absolute atomic E-state index is 0.0135. The molecule has 1 N–H and O–H groups in total. The zero-order valence-electron chi connectivity index (χ0n) is 15.4. The molecule has 29 heavy (non-hydrogen) atoms. The first kappa shape index (κ1) is 17.3. The van der Waals surface area contributed by atoms with E-state index in [4.69, 9.17) is 5.26 Å². The molecular formula is C23H15N3O3. The van der Waals surface area contributed by atoms with Gasteiger partial charge in [-0.1, -0.05) is 12.1 Å². The van der Waals surface area contributed by atoms with Gasteiger partial charge in [0.2, 0.25) is 5.78 Å². The standard InChI is InChI=1S/C23H15N3O3/c24-10-12-4-6-13(7-5-12)18-19-16(2-1-3-17(19)27)26-21-20(18)22(28)14-8-9-25-11-15(14)23(21)29/h4-9,11,18,26H,1-3H2. The first-order valence-electron chi connectivity index (χ1n) is 9.41. The van der Waals surface area contributed by atoms with Crippen molar-refractivity contribution in [3.63, 3.8) is 0 Å². The predicted octanol–water partition coefficient (Wildman–Crippen LogP) is 2.98. The van der Waals surface area contributed by atoms with Gasteiger partial charge in [-0.05, 0) is 36.6 Å². The monoisotopic (exact) mass is 381 g/mol. The van der Waals surface area contributed by atoms with Crippen molar-refractivity contribution in [1.29, 1.82) is 5.26 Å². The van der Waals surface area contributed by atoms with Gasteiger partial charge in [-0.25, -0.2) is 0 Å². The Morgan fingerprint density at radius 1 is 0.966 bits per heavy atom. The minimum Gasteiger partial charge on any atom is -0.355 e. The van der Waals surface area contributed by atoms with E-state index < -0.39 is 5.92 Å². The first-order chi connectivity index (χ1) is 14.1. The molecule has 1 aliphatic heterocycles. The molecule has 1 atom stereocenters. The van der Waals surface area contributed by atoms with Crippen molar-refractivity contribution in [3.8, 4) is 6.07 Å². The lowest BCUT2D eigenvalue weighted by molar-refractivity contribution is -0.116. The number of allylic oxidation sites excluding steroid dienone is 4. The third-order valence-electron chi connectivity index (χ3n) is 5.73. The first-order valence-corrected chi connectivity index (χ1v) is 9.41. The summed E-state index contributed by atoms with van der Waals surface area (Å²) in [5.74, 6) is -1.20. The highest BCUT2D eigenvalue weighted by Crippen LogP contribution is 2.45. The summed E-state index contributed by atoms with van der Waals surface area (Å²) in [7, 11) is 0. The van der Waals surface area contributed by atoms with Crippen molar-refractivity contribution in [3.05, 3.63) is 87.5 Å². The molecule has 0 spiro atoms. The topological polar surface area (TPSA) is 99.9 Å². The molecule has 2 aliphatic carbocycles. The molecule has 6 nitrogen and oxygen atoms in total. The summed E-state index contributed by atoms with van der Waals surface area (Å²) >= 11 is 0. The van der Waals surface area contributed by atoms with E-state index >= 15 is 0 Å². The molecule has 0 saturated carbocycles. The summed E-state index contributed by atoms with van der Waals surface area (Å²) < 4.78 is 0. The number of Topliss-reactive ketones (excluding diaryl/α,β-unsaturated/α-hetero) is 3. The van der Waals surface area contributed by atoms with Crippen LogP contribution < -0.4 is 5.32 Å². The molecule has 5 rings (SSSR count). The Labute approximate surface area is 166 Å². The van der Waals surface area contributed by atoms with Crippen LogP contribution in [0.1, 0.15) is 57.0 Å². The summed E-state index contributed by atoms with van der Waals surface area (Å²) in [6, 6.07) is 10.5. The molecule has 2 aromatic rings. The molecule has 1 aromatic heterocycles. The number of nitriles is 1. The van der Waals surface area contributed by atoms with Crippen molar-refractivity contribution in [2.45, 2.75) is 25.2 Å². The van der Waals surface area contributed by atoms with Crippen LogP contribution in [-0.2, 0) is 4.79 Å². The SMILES string of the molecule is N#Cc1ccc(C2C3=C(CCCC3=O)NC3=C2C(=O)c2ccncc2C3=O)cc1. The molecule has 0 bridgehead atoms. The van der Waals surface area contributed by atoms with Crippen LogP contribution in [-0.4, -0.2) is 22.3 Å². The average molecular weight is 381 g/mol. The molecule has 3 aliphatic rings. The summed E-state index contributed by atoms with van der Waals surface area (Å²) in [5.41, 5.74) is 3.58. The largest absolute Gasteiger partial charge is 0.355 e. The number of carbonyl (C=O) groups is 3. The predicted molar refractivity (Wildman–Crippen MR) is 103 cm³/mol. The maximum atomic E-state index is 13.4. The number of nitrogens with one attached hydrogen (secondary N) is 1. The molecule has 2 heterocycles. The number of hydrogen-bond donors (Lipinski definition) is 1. The Bertz CT molecular complexity index is 1210. The fraction of sp³-hybridized carbons (Fsp3) is 0.174. The minimum atomic E-state index is -0.625. The number of ketones is 3. The van der Waals surface area contributed by atoms with Crippen molar-refractivity contribution < 1.29 is 14.4 Å². The molecule has 140 valence electrons. The summed E-state index contributed by atoms with van der Waals surface area (Å²) in [6.07, 6.45) is 4.66. The Balaban J connectivity index is 1.75. The van der Waals surface area contributed by atoms with Gasteiger partial charge in [-0.15, -0.1) is 0 Å². The van der Waals surface area contributed by atoms with Crippen LogP contribution in [0.15, 0.2) is 65.3 Å². The number of fused-ring (bicyclic) bond motifs is 1. The van der Waals surface area contributed by atoms with Crippen molar-refractivity contribution in [1.82, 2.24) is 10.3 Å². The normalized spacial score (nSPS) is 20.5. The molecule has 0 amide bonds. The summed E-state index contributed by atoms with van der Waals surface area (Å²) in [6.45, 7) is 0. The maximum Gasteiger partial charge on any atom is 0.211 e. The lowest BCUT2D eigenvalue weighted by Crippen LogP contribution is -2.40. The molecule has 0 fully saturated rings. The molecule has 1 unspecified atom stereocenters. The molecule has 6 heteroatoms. The highest BCUT2D eigenvalue weighted by Gasteiger charge is 2.44. The van der Waals surface area contributed by atoms with Gasteiger partial charge in [-0.3, -0.25) is 19.4 Å². The number of nitrogens with zero attached hydrogens (tertiary/aromatic N) is 2. The molecule has 1 aromatic carbocycles. The maximum absolute atomic E-state index is 13.4. The lowest BCUT2D eigenvalue weighted by atomic mass is 9.70. The Kier molecular flexibility index (Phi) is 3.78. The van der Waals surface area contributed by atoms with Crippen LogP contribution in [0, 0.1) is 11.3 Å². The van der Waals surface area contributed by atoms with Gasteiger partial charge >= 0.3 is 0 Å². The van der Waals surface area contributed by atoms with E-state index in [1.54, 1.807) is 30.3 Å². The van der Waals surface area contributed by atoms with E-state index in [-0.39, 0.29) is 28.6 Å². The van der Waals surface area contributed by atoms with Crippen LogP contribution >= 0.6 is 0 Å². The Hall–Kier alpha value is -3.85. The number of dihydropyridines is 1. The van der Waals surface area contributed by atoms with Crippen molar-refractivity contribution >= 4 is 17.3 Å². The second kappa shape index (κ2) is 6.35. The van der Waals surface area contributed by atoms with Crippen LogP contribution in [0.5, 0.6) is 0 Å². The van der Waals surface area contributed by atoms with Crippen LogP contribution in [0.3, 0.4) is 0 Å². The lowest BCUT2D eigenvalue weighted by Gasteiger charge is -2.36. The smallest absolute Gasteiger partial charge is 0.211 e. The summed E-state index contributed by atoms with van der Waals surface area (Å²) in [5, 5.41) is 12.2. The quantitative estimate of drug-likeness (QED) is 0.815. The van der Waals surface area contributed by atoms with Crippen LogP contribution in [0.2, 0.25) is 0 Å². The van der Waals surface area contributed by atoms with E-state index in [1.807, 2.05) is 0 Å². The Morgan fingerprint density at radius 3 is 2.52 bits per heavy atom. The second-order valence-electron chi connectivity index (χ2n) is 7.33. The van der Waals surface area contributed by atoms with Crippen molar-refractivity contribution in [2.24, 2.45) is 0 Å². The van der Waals surface area contributed by atoms with Crippen molar-refractivity contribution in [2.75, 3.05) is 0 Å². The molecular weight excluding hydrogens is 366 g/mol. The highest BCUT2D eigenvalue weighted by atomic mass is 16.1. The molecule has 0 radical (unpaired) electrons. The fourth-order valence-electron chi connectivity index (χ4n) is 4.40. The van der Waals surface area contributed by atoms with E-state index in [1.165, 1.54) is 12.4 Å². The van der Waals surface area contributed by atoms with Crippen LogP contribution in [0.25, 0.3) is 0 Å². The fourth-order valence-corrected chi connectivity index (χ4v) is 4.40. The highest BCUT2D eigenvalue weighted by molar-refractivity contribution is 6.28. The number of hydrogen-bond acceptors (Lipinski definition) is 6. The van der Waals surface area contributed by atoms with E-state index in [0.717, 1.165) is 5.56 Å². The third kappa shape index (κ3) is 2.48. The van der Waals surface area contributed by atoms with E-state index in [0.29, 0.717) is 47.2 Å². The van der Waals surface area contributed by atoms with E-state index in [2.05, 4.69) is 16.4 Å². The third-order valence-corrected chi connectivity index (χ3v) is 5.73. The van der Waals surface area contributed by atoms with Gasteiger partial charge < -0.3 is 5.32 Å². The second-order valence-corrected chi connectivity index (χ2v) is 7.33. The van der Waals surface area contributed by atoms with Crippen LogP contribution in [0.4, 0.5) is 0 Å². The number of pyridine rings is 1. The van der Waals surface area contributed by atoms with Gasteiger partial charge in [0.15, 0.2) is 11.6 Å². The number of aromatic nitrogens is 1. The number of rotatable bonds is 1. The molecule has 0 saturated heterocycles. The van der Waals surface area contributed by atoms with Gasteiger partial charge in [0, 0.05) is 47.1 Å². The van der Waals surface area contributed by atoms with Gasteiger partial charge in [0.1, 0.15) is 0 Å². The zero-order chi connectivity index (χ0) is 20.1. The van der Waals surface area contributed by atoms with E-state index in [9.17, 15) is 14.4 Å². The number of benzene rings is 1. The Morgan fingerprint density at radius 2 is 1.76 bits per heavy atom. The number of carbonyl (C=O) groups excluding carboxylic acids is 3. The summed E-state index contributed by atoms with van der Waals surface area (Å²) in [4.78, 5) is 43.4. The van der Waals surface area contributed by atoms with Gasteiger partial charge in [0.25, 0.3) is 0 Å². The average Bonchev–Trinajstić information content (AvgIpc) is 2.76. The van der Waals surface area contributed by atoms with Gasteiger partial charge in [-0.2, -0.15) is 5.26 Å². The zero-order valence-corrected chi connectivity index (χ0v) is 15.4.